The highest BCUT2D eigenvalue weighted by molar-refractivity contribution is 7.81. The highest BCUT2D eigenvalue weighted by atomic mass is 32.1. The maximum Gasteiger partial charge on any atom is 0.224 e. The lowest BCUT2D eigenvalue weighted by Gasteiger charge is -2.16. The van der Waals surface area contributed by atoms with Gasteiger partial charge in [-0.15, -0.1) is 0 Å². The molecule has 1 unspecified atom stereocenters. The van der Waals surface area contributed by atoms with Crippen molar-refractivity contribution < 1.29 is 9.53 Å². The topological polar surface area (TPSA) is 29.5 Å². The molecule has 18 heavy (non-hydrogen) atoms. The van der Waals surface area contributed by atoms with Crippen molar-refractivity contribution in [1.82, 2.24) is 4.90 Å². The normalized spacial score (nSPS) is 19.6. The molecule has 1 atom stereocenters. The molecule has 0 spiro atoms. The zero-order valence-electron chi connectivity index (χ0n) is 10.6. The van der Waals surface area contributed by atoms with Crippen molar-refractivity contribution in [2.45, 2.75) is 31.7 Å². The van der Waals surface area contributed by atoms with Gasteiger partial charge in [-0.2, -0.15) is 12.6 Å². The first-order valence-corrected chi connectivity index (χ1v) is 6.82. The number of hydrogen-bond acceptors (Lipinski definition) is 3. The quantitative estimate of drug-likeness (QED) is 0.828. The molecular formula is C14H19NO2S. The summed E-state index contributed by atoms with van der Waals surface area (Å²) in [4.78, 5) is 13.5. The van der Waals surface area contributed by atoms with E-state index in [9.17, 15) is 4.79 Å². The number of carbonyl (C=O) groups excluding carboxylic acids is 1. The molecule has 1 heterocycles. The second kappa shape index (κ2) is 6.25. The Hall–Kier alpha value is -1.00. The van der Waals surface area contributed by atoms with Gasteiger partial charge in [-0.3, -0.25) is 4.79 Å². The number of benzene rings is 1. The van der Waals surface area contributed by atoms with Crippen LogP contribution in [0.2, 0.25) is 0 Å². The fourth-order valence-electron chi connectivity index (χ4n) is 2.09. The molecule has 1 fully saturated rings. The third kappa shape index (κ3) is 3.50. The van der Waals surface area contributed by atoms with Gasteiger partial charge in [-0.1, -0.05) is 24.3 Å². The molecule has 1 aliphatic rings. The van der Waals surface area contributed by atoms with Crippen LogP contribution < -0.4 is 0 Å². The van der Waals surface area contributed by atoms with Crippen LogP contribution in [0.15, 0.2) is 24.3 Å². The maximum absolute atomic E-state index is 11.7. The Morgan fingerprint density at radius 3 is 2.56 bits per heavy atom. The fraction of sp³-hybridized carbons (Fsp3) is 0.500. The van der Waals surface area contributed by atoms with E-state index < -0.39 is 0 Å². The smallest absolute Gasteiger partial charge is 0.224 e. The molecule has 2 rings (SSSR count). The van der Waals surface area contributed by atoms with Crippen LogP contribution in [0.5, 0.6) is 0 Å². The summed E-state index contributed by atoms with van der Waals surface area (Å²) in [5.74, 6) is 0.202. The van der Waals surface area contributed by atoms with Gasteiger partial charge in [0.2, 0.25) is 5.91 Å². The number of rotatable bonds is 5. The number of thiol groups is 1. The Morgan fingerprint density at radius 2 is 2.00 bits per heavy atom. The van der Waals surface area contributed by atoms with Crippen LogP contribution in [-0.4, -0.2) is 29.2 Å². The van der Waals surface area contributed by atoms with Gasteiger partial charge in [-0.05, 0) is 18.1 Å². The third-order valence-corrected chi connectivity index (χ3v) is 3.41. The van der Waals surface area contributed by atoms with Crippen LogP contribution in [0, 0.1) is 0 Å². The molecule has 0 aromatic heterocycles. The molecule has 0 bridgehead atoms. The van der Waals surface area contributed by atoms with E-state index in [1.165, 1.54) is 5.56 Å². The summed E-state index contributed by atoms with van der Waals surface area (Å²) in [5, 5.41) is 0.190. The molecule has 1 amide bonds. The minimum absolute atomic E-state index is 0.190. The van der Waals surface area contributed by atoms with E-state index >= 15 is 0 Å². The highest BCUT2D eigenvalue weighted by Crippen LogP contribution is 2.18. The lowest BCUT2D eigenvalue weighted by molar-refractivity contribution is -0.128. The molecule has 1 aromatic rings. The minimum atomic E-state index is 0.190. The van der Waals surface area contributed by atoms with Crippen LogP contribution in [0.1, 0.15) is 24.5 Å². The molecule has 1 aromatic carbocycles. The van der Waals surface area contributed by atoms with Gasteiger partial charge in [0.15, 0.2) is 0 Å². The zero-order chi connectivity index (χ0) is 13.0. The second-order valence-electron chi connectivity index (χ2n) is 4.59. The van der Waals surface area contributed by atoms with Gasteiger partial charge < -0.3 is 9.64 Å². The number of likely N-dealkylation sites (tertiary alicyclic amines) is 1. The summed E-state index contributed by atoms with van der Waals surface area (Å²) in [6.45, 7) is 4.81. The average Bonchev–Trinajstić information content (AvgIpc) is 2.67. The van der Waals surface area contributed by atoms with E-state index in [1.807, 2.05) is 11.8 Å². The van der Waals surface area contributed by atoms with Crippen molar-refractivity contribution >= 4 is 18.5 Å². The molecule has 0 radical (unpaired) electrons. The average molecular weight is 265 g/mol. The van der Waals surface area contributed by atoms with Gasteiger partial charge >= 0.3 is 0 Å². The summed E-state index contributed by atoms with van der Waals surface area (Å²) < 4.78 is 5.35. The predicted octanol–water partition coefficient (Wildman–Crippen LogP) is 2.25. The molecule has 0 saturated carbocycles. The lowest BCUT2D eigenvalue weighted by Crippen LogP contribution is -2.24. The molecular weight excluding hydrogens is 246 g/mol. The highest BCUT2D eigenvalue weighted by Gasteiger charge is 2.26. The summed E-state index contributed by atoms with van der Waals surface area (Å²) in [5.41, 5.74) is 2.33. The number of carbonyl (C=O) groups is 1. The number of amides is 1. The van der Waals surface area contributed by atoms with Crippen LogP contribution in [0.3, 0.4) is 0 Å². The minimum Gasteiger partial charge on any atom is -0.377 e. The molecule has 0 N–H and O–H groups in total. The van der Waals surface area contributed by atoms with E-state index in [1.54, 1.807) is 0 Å². The second-order valence-corrected chi connectivity index (χ2v) is 5.32. The van der Waals surface area contributed by atoms with Gasteiger partial charge in [0.25, 0.3) is 0 Å². The van der Waals surface area contributed by atoms with Gasteiger partial charge in [0.1, 0.15) is 0 Å². The number of ether oxygens (including phenoxy) is 1. The third-order valence-electron chi connectivity index (χ3n) is 3.06. The van der Waals surface area contributed by atoms with E-state index in [0.29, 0.717) is 19.6 Å². The van der Waals surface area contributed by atoms with Crippen molar-refractivity contribution in [3.8, 4) is 0 Å². The van der Waals surface area contributed by atoms with Crippen LogP contribution >= 0.6 is 12.6 Å². The first-order valence-electron chi connectivity index (χ1n) is 6.30. The van der Waals surface area contributed by atoms with Gasteiger partial charge in [0, 0.05) is 31.4 Å². The first-order chi connectivity index (χ1) is 8.69. The summed E-state index contributed by atoms with van der Waals surface area (Å²) in [7, 11) is 0. The number of hydrogen-bond donors (Lipinski definition) is 1. The van der Waals surface area contributed by atoms with Crippen LogP contribution in [0.25, 0.3) is 0 Å². The molecule has 98 valence electrons. The largest absolute Gasteiger partial charge is 0.377 e. The van der Waals surface area contributed by atoms with Gasteiger partial charge in [-0.25, -0.2) is 0 Å². The molecule has 3 nitrogen and oxygen atoms in total. The Bertz CT molecular complexity index is 405. The Morgan fingerprint density at radius 1 is 1.33 bits per heavy atom. The molecule has 1 aliphatic heterocycles. The van der Waals surface area contributed by atoms with Crippen molar-refractivity contribution in [2.24, 2.45) is 0 Å². The van der Waals surface area contributed by atoms with E-state index in [-0.39, 0.29) is 11.2 Å². The lowest BCUT2D eigenvalue weighted by atomic mass is 10.1. The zero-order valence-corrected chi connectivity index (χ0v) is 11.5. The Balaban J connectivity index is 1.92. The Labute approximate surface area is 114 Å². The van der Waals surface area contributed by atoms with E-state index in [2.05, 4.69) is 36.9 Å². The standard InChI is InChI=1S/C14H19NO2S/c1-2-17-10-12-5-3-11(4-6-12)8-15-9-13(18)7-14(15)16/h3-6,13,18H,2,7-10H2,1H3. The molecule has 0 aliphatic carbocycles. The SMILES string of the molecule is CCOCc1ccc(CN2CC(S)CC2=O)cc1. The molecule has 1 saturated heterocycles. The van der Waals surface area contributed by atoms with E-state index in [4.69, 9.17) is 4.74 Å². The van der Waals surface area contributed by atoms with Crippen molar-refractivity contribution in [2.75, 3.05) is 13.2 Å². The molecule has 4 heteroatoms. The summed E-state index contributed by atoms with van der Waals surface area (Å²) in [6.07, 6.45) is 0.561. The summed E-state index contributed by atoms with van der Waals surface area (Å²) >= 11 is 4.35. The number of nitrogens with zero attached hydrogens (tertiary/aromatic N) is 1. The fourth-order valence-corrected chi connectivity index (χ4v) is 2.44. The Kier molecular flexibility index (Phi) is 4.66. The maximum atomic E-state index is 11.7. The summed E-state index contributed by atoms with van der Waals surface area (Å²) in [6, 6.07) is 8.24. The van der Waals surface area contributed by atoms with E-state index in [0.717, 1.165) is 18.7 Å². The van der Waals surface area contributed by atoms with Crippen LogP contribution in [0.4, 0.5) is 0 Å². The monoisotopic (exact) mass is 265 g/mol. The van der Waals surface area contributed by atoms with Gasteiger partial charge in [0.05, 0.1) is 6.61 Å². The van der Waals surface area contributed by atoms with Crippen molar-refractivity contribution in [3.05, 3.63) is 35.4 Å². The van der Waals surface area contributed by atoms with Crippen molar-refractivity contribution in [3.63, 3.8) is 0 Å². The van der Waals surface area contributed by atoms with Crippen molar-refractivity contribution in [1.29, 1.82) is 0 Å². The predicted molar refractivity (Wildman–Crippen MR) is 74.6 cm³/mol. The first kappa shape index (κ1) is 13.4. The van der Waals surface area contributed by atoms with Crippen LogP contribution in [-0.2, 0) is 22.7 Å².